The van der Waals surface area contributed by atoms with Crippen LogP contribution in [-0.4, -0.2) is 3.42 Å². The fraction of sp³-hybridized carbons (Fsp3) is 0.800. The molecule has 0 N–H and O–H groups in total. The van der Waals surface area contributed by atoms with Crippen LogP contribution in [0, 0.1) is 6.43 Å². The molecule has 0 aliphatic heterocycles. The van der Waals surface area contributed by atoms with Crippen LogP contribution in [0.25, 0.3) is 0 Å². The molecule has 0 aromatic rings. The van der Waals surface area contributed by atoms with Crippen LogP contribution in [-0.2, 0) is 0 Å². The highest BCUT2D eigenvalue weighted by atomic mass is 127. The van der Waals surface area contributed by atoms with E-state index in [1.54, 1.807) is 13.8 Å². The van der Waals surface area contributed by atoms with Crippen molar-refractivity contribution in [3.63, 3.8) is 0 Å². The maximum atomic E-state index is 11.4. The molecule has 0 heterocycles. The minimum Gasteiger partial charge on any atom is -0.0745 e. The predicted molar refractivity (Wildman–Crippen MR) is 38.2 cm³/mol. The SMILES string of the molecule is CC(C)(I)C[C+](F)F. The summed E-state index contributed by atoms with van der Waals surface area (Å²) >= 11 is 1.99. The Morgan fingerprint density at radius 2 is 1.88 bits per heavy atom. The third kappa shape index (κ3) is 6.46. The fourth-order valence-corrected chi connectivity index (χ4v) is 0.606. The van der Waals surface area contributed by atoms with Gasteiger partial charge >= 0.3 is 6.43 Å². The van der Waals surface area contributed by atoms with E-state index >= 15 is 0 Å². The van der Waals surface area contributed by atoms with Crippen LogP contribution in [0.3, 0.4) is 0 Å². The Morgan fingerprint density at radius 1 is 1.50 bits per heavy atom. The smallest absolute Gasteiger partial charge is 0.0745 e. The summed E-state index contributed by atoms with van der Waals surface area (Å²) in [6.45, 7) is 3.54. The van der Waals surface area contributed by atoms with Crippen LogP contribution in [0.4, 0.5) is 8.78 Å². The minimum atomic E-state index is -1.48. The van der Waals surface area contributed by atoms with Crippen LogP contribution in [0.15, 0.2) is 0 Å². The van der Waals surface area contributed by atoms with Gasteiger partial charge in [0.1, 0.15) is 0 Å². The highest BCUT2D eigenvalue weighted by molar-refractivity contribution is 14.1. The average molecular weight is 233 g/mol. The Kier molecular flexibility index (Phi) is 3.01. The number of alkyl halides is 1. The zero-order valence-electron chi connectivity index (χ0n) is 4.84. The first-order valence-corrected chi connectivity index (χ1v) is 3.35. The van der Waals surface area contributed by atoms with Gasteiger partial charge in [-0.15, -0.1) is 0 Å². The summed E-state index contributed by atoms with van der Waals surface area (Å²) < 4.78 is 22.6. The lowest BCUT2D eigenvalue weighted by molar-refractivity contribution is 0.259. The van der Waals surface area contributed by atoms with Gasteiger partial charge in [0.25, 0.3) is 0 Å². The first-order chi connectivity index (χ1) is 3.42. The molecular formula is C5H8F2I+. The van der Waals surface area contributed by atoms with Crippen molar-refractivity contribution >= 4 is 22.6 Å². The summed E-state index contributed by atoms with van der Waals surface area (Å²) in [6.07, 6.45) is -1.59. The molecule has 0 aliphatic rings. The standard InChI is InChI=1S/C5H8F2I/c1-5(2,8)3-4(6)7/h3H2,1-2H3/q+1. The van der Waals surface area contributed by atoms with E-state index in [-0.39, 0.29) is 9.84 Å². The molecule has 0 aromatic carbocycles. The molecule has 0 rings (SSSR count). The van der Waals surface area contributed by atoms with Gasteiger partial charge in [0.15, 0.2) is 6.42 Å². The van der Waals surface area contributed by atoms with Crippen molar-refractivity contribution in [1.29, 1.82) is 0 Å². The van der Waals surface area contributed by atoms with E-state index in [4.69, 9.17) is 0 Å². The Hall–Kier alpha value is 0.460. The molecular weight excluding hydrogens is 225 g/mol. The average Bonchev–Trinajstić information content (AvgIpc) is 1.21. The summed E-state index contributed by atoms with van der Waals surface area (Å²) in [6, 6.07) is 0. The van der Waals surface area contributed by atoms with Gasteiger partial charge < -0.3 is 0 Å². The second-order valence-corrected chi connectivity index (χ2v) is 5.15. The van der Waals surface area contributed by atoms with Crippen LogP contribution in [0.5, 0.6) is 0 Å². The van der Waals surface area contributed by atoms with E-state index in [0.29, 0.717) is 0 Å². The van der Waals surface area contributed by atoms with E-state index < -0.39 is 6.43 Å². The molecule has 0 unspecified atom stereocenters. The summed E-state index contributed by atoms with van der Waals surface area (Å²) in [5.41, 5.74) is 0. The molecule has 0 saturated heterocycles. The van der Waals surface area contributed by atoms with Crippen LogP contribution < -0.4 is 0 Å². The van der Waals surface area contributed by atoms with Crippen molar-refractivity contribution in [3.05, 3.63) is 6.43 Å². The van der Waals surface area contributed by atoms with Crippen molar-refractivity contribution in [2.45, 2.75) is 23.7 Å². The molecule has 0 spiro atoms. The maximum absolute atomic E-state index is 11.4. The normalized spacial score (nSPS) is 11.6. The molecule has 0 radical (unpaired) electrons. The first kappa shape index (κ1) is 8.46. The van der Waals surface area contributed by atoms with Crippen molar-refractivity contribution in [2.24, 2.45) is 0 Å². The molecule has 0 fully saturated rings. The van der Waals surface area contributed by atoms with Gasteiger partial charge in [0.05, 0.1) is 3.42 Å². The molecule has 48 valence electrons. The third-order valence-corrected chi connectivity index (χ3v) is 0.935. The van der Waals surface area contributed by atoms with E-state index in [1.807, 2.05) is 22.6 Å². The van der Waals surface area contributed by atoms with Crippen LogP contribution in [0.1, 0.15) is 20.3 Å². The van der Waals surface area contributed by atoms with Gasteiger partial charge in [0.2, 0.25) is 0 Å². The zero-order valence-corrected chi connectivity index (χ0v) is 7.00. The molecule has 0 aromatic heterocycles. The fourth-order valence-electron chi connectivity index (χ4n) is 0.318. The van der Waals surface area contributed by atoms with Crippen molar-refractivity contribution in [3.8, 4) is 0 Å². The summed E-state index contributed by atoms with van der Waals surface area (Å²) in [7, 11) is 0. The Morgan fingerprint density at radius 3 is 1.88 bits per heavy atom. The predicted octanol–water partition coefficient (Wildman–Crippen LogP) is 3.02. The van der Waals surface area contributed by atoms with Gasteiger partial charge in [-0.2, -0.15) is 0 Å². The molecule has 3 heteroatoms. The molecule has 0 saturated carbocycles. The van der Waals surface area contributed by atoms with Gasteiger partial charge in [-0.1, -0.05) is 22.6 Å². The first-order valence-electron chi connectivity index (χ1n) is 2.27. The van der Waals surface area contributed by atoms with Gasteiger partial charge in [0, 0.05) is 8.78 Å². The number of hydrogen-bond donors (Lipinski definition) is 0. The van der Waals surface area contributed by atoms with Crippen LogP contribution in [0.2, 0.25) is 0 Å². The summed E-state index contributed by atoms with van der Waals surface area (Å²) in [4.78, 5) is 0. The molecule has 0 nitrogen and oxygen atoms in total. The minimum absolute atomic E-state index is 0.104. The van der Waals surface area contributed by atoms with E-state index in [1.165, 1.54) is 0 Å². The Bertz CT molecular complexity index is 65.3. The Labute approximate surface area is 61.8 Å². The number of halogens is 3. The second-order valence-electron chi connectivity index (χ2n) is 2.23. The lowest BCUT2D eigenvalue weighted by atomic mass is 10.1. The topological polar surface area (TPSA) is 0 Å². The van der Waals surface area contributed by atoms with Crippen molar-refractivity contribution < 1.29 is 8.78 Å². The van der Waals surface area contributed by atoms with E-state index in [2.05, 4.69) is 0 Å². The molecule has 0 atom stereocenters. The lowest BCUT2D eigenvalue weighted by Crippen LogP contribution is -2.09. The maximum Gasteiger partial charge on any atom is 0.507 e. The van der Waals surface area contributed by atoms with E-state index in [9.17, 15) is 8.78 Å². The summed E-state index contributed by atoms with van der Waals surface area (Å²) in [5.74, 6) is 0. The second kappa shape index (κ2) is 2.85. The van der Waals surface area contributed by atoms with Crippen LogP contribution >= 0.6 is 22.6 Å². The Balaban J connectivity index is 3.39. The lowest BCUT2D eigenvalue weighted by Gasteiger charge is -2.05. The highest BCUT2D eigenvalue weighted by Gasteiger charge is 2.31. The van der Waals surface area contributed by atoms with Gasteiger partial charge in [-0.3, -0.25) is 0 Å². The third-order valence-electron chi connectivity index (χ3n) is 0.554. The quantitative estimate of drug-likeness (QED) is 0.390. The highest BCUT2D eigenvalue weighted by Crippen LogP contribution is 2.28. The molecule has 0 bridgehead atoms. The monoisotopic (exact) mass is 233 g/mol. The largest absolute Gasteiger partial charge is 0.507 e. The van der Waals surface area contributed by atoms with Gasteiger partial charge in [-0.25, -0.2) is 0 Å². The molecule has 0 amide bonds. The number of hydrogen-bond acceptors (Lipinski definition) is 0. The van der Waals surface area contributed by atoms with E-state index in [0.717, 1.165) is 0 Å². The van der Waals surface area contributed by atoms with Crippen molar-refractivity contribution in [2.75, 3.05) is 0 Å². The zero-order chi connectivity index (χ0) is 6.78. The van der Waals surface area contributed by atoms with Gasteiger partial charge in [-0.05, 0) is 13.8 Å². The molecule has 0 aliphatic carbocycles. The molecule has 8 heavy (non-hydrogen) atoms. The number of rotatable bonds is 2. The summed E-state index contributed by atoms with van der Waals surface area (Å²) in [5, 5.41) is 0. The van der Waals surface area contributed by atoms with Crippen molar-refractivity contribution in [1.82, 2.24) is 0 Å².